The van der Waals surface area contributed by atoms with Crippen molar-refractivity contribution in [3.63, 3.8) is 0 Å². The van der Waals surface area contributed by atoms with Gasteiger partial charge in [-0.15, -0.1) is 0 Å². The number of rotatable bonds is 8. The zero-order valence-electron chi connectivity index (χ0n) is 12.4. The summed E-state index contributed by atoms with van der Waals surface area (Å²) in [6.45, 7) is 8.11. The van der Waals surface area contributed by atoms with E-state index in [1.54, 1.807) is 4.90 Å². The summed E-state index contributed by atoms with van der Waals surface area (Å²) < 4.78 is 0. The molecule has 7 nitrogen and oxygen atoms in total. The molecule has 0 spiro atoms. The van der Waals surface area contributed by atoms with E-state index in [1.807, 2.05) is 27.7 Å². The molecular formula is C13H24N2O5. The number of carboxylic acid groups (broad SMARTS) is 2. The van der Waals surface area contributed by atoms with E-state index in [1.165, 1.54) is 0 Å². The summed E-state index contributed by atoms with van der Waals surface area (Å²) in [5, 5.41) is 20.0. The average molecular weight is 288 g/mol. The normalized spacial score (nSPS) is 12.3. The van der Waals surface area contributed by atoms with Crippen LogP contribution >= 0.6 is 0 Å². The molecule has 116 valence electrons. The first-order valence-corrected chi connectivity index (χ1v) is 6.66. The smallest absolute Gasteiger partial charge is 0.326 e. The van der Waals surface area contributed by atoms with Gasteiger partial charge in [-0.25, -0.2) is 9.59 Å². The third kappa shape index (κ3) is 6.96. The van der Waals surface area contributed by atoms with Crippen LogP contribution in [-0.4, -0.2) is 51.7 Å². The molecule has 1 unspecified atom stereocenters. The highest BCUT2D eigenvalue weighted by Gasteiger charge is 2.25. The summed E-state index contributed by atoms with van der Waals surface area (Å²) in [5.41, 5.74) is 0. The van der Waals surface area contributed by atoms with Crippen LogP contribution < -0.4 is 5.32 Å². The fourth-order valence-corrected chi connectivity index (χ4v) is 1.68. The highest BCUT2D eigenvalue weighted by atomic mass is 16.4. The van der Waals surface area contributed by atoms with E-state index in [0.717, 1.165) is 0 Å². The van der Waals surface area contributed by atoms with E-state index in [2.05, 4.69) is 5.32 Å². The number of urea groups is 1. The Labute approximate surface area is 119 Å². The maximum Gasteiger partial charge on any atom is 0.326 e. The second-order valence-electron chi connectivity index (χ2n) is 5.41. The third-order valence-corrected chi connectivity index (χ3v) is 2.69. The number of nitrogens with one attached hydrogen (secondary N) is 1. The lowest BCUT2D eigenvalue weighted by molar-refractivity contribution is -0.140. The van der Waals surface area contributed by atoms with Gasteiger partial charge >= 0.3 is 18.0 Å². The van der Waals surface area contributed by atoms with Crippen molar-refractivity contribution >= 4 is 18.0 Å². The molecule has 0 radical (unpaired) electrons. The van der Waals surface area contributed by atoms with Crippen LogP contribution in [-0.2, 0) is 9.59 Å². The van der Waals surface area contributed by atoms with Gasteiger partial charge in [0, 0.05) is 19.0 Å². The number of carbonyl (C=O) groups excluding carboxylic acids is 1. The Hall–Kier alpha value is -1.79. The second kappa shape index (κ2) is 8.39. The lowest BCUT2D eigenvalue weighted by Crippen LogP contribution is -2.51. The standard InChI is InChI=1S/C13H24N2O5/c1-8(2)7-15(9(3)4)13(20)14-10(12(18)19)5-6-11(16)17/h8-10H,5-7H2,1-4H3,(H,14,20)(H,16,17)(H,18,19). The van der Waals surface area contributed by atoms with Crippen LogP contribution in [0, 0.1) is 5.92 Å². The van der Waals surface area contributed by atoms with Gasteiger partial charge < -0.3 is 20.4 Å². The number of aliphatic carboxylic acids is 2. The fourth-order valence-electron chi connectivity index (χ4n) is 1.68. The molecule has 1 atom stereocenters. The molecule has 0 aromatic heterocycles. The van der Waals surface area contributed by atoms with Gasteiger partial charge in [-0.2, -0.15) is 0 Å². The van der Waals surface area contributed by atoms with Crippen LogP contribution in [0.3, 0.4) is 0 Å². The molecular weight excluding hydrogens is 264 g/mol. The predicted molar refractivity (Wildman–Crippen MR) is 73.5 cm³/mol. The zero-order chi connectivity index (χ0) is 15.9. The third-order valence-electron chi connectivity index (χ3n) is 2.69. The Kier molecular flexibility index (Phi) is 7.64. The summed E-state index contributed by atoms with van der Waals surface area (Å²) in [7, 11) is 0. The molecule has 0 aromatic rings. The monoisotopic (exact) mass is 288 g/mol. The van der Waals surface area contributed by atoms with Crippen molar-refractivity contribution in [2.45, 2.75) is 52.6 Å². The SMILES string of the molecule is CC(C)CN(C(=O)NC(CCC(=O)O)C(=O)O)C(C)C. The summed E-state index contributed by atoms with van der Waals surface area (Å²) in [6, 6.07) is -1.73. The van der Waals surface area contributed by atoms with Crippen molar-refractivity contribution in [2.24, 2.45) is 5.92 Å². The topological polar surface area (TPSA) is 107 Å². The van der Waals surface area contributed by atoms with E-state index < -0.39 is 24.0 Å². The highest BCUT2D eigenvalue weighted by molar-refractivity contribution is 5.83. The van der Waals surface area contributed by atoms with Crippen LogP contribution in [0.2, 0.25) is 0 Å². The number of nitrogens with zero attached hydrogens (tertiary/aromatic N) is 1. The Morgan fingerprint density at radius 2 is 1.65 bits per heavy atom. The van der Waals surface area contributed by atoms with Gasteiger partial charge in [0.2, 0.25) is 0 Å². The summed E-state index contributed by atoms with van der Waals surface area (Å²) in [4.78, 5) is 35.1. The van der Waals surface area contributed by atoms with Gasteiger partial charge in [-0.05, 0) is 26.2 Å². The summed E-state index contributed by atoms with van der Waals surface area (Å²) in [6.07, 6.45) is -0.437. The molecule has 2 amide bonds. The van der Waals surface area contributed by atoms with Crippen molar-refractivity contribution in [1.29, 1.82) is 0 Å². The van der Waals surface area contributed by atoms with Gasteiger partial charge in [0.05, 0.1) is 0 Å². The largest absolute Gasteiger partial charge is 0.481 e. The molecule has 20 heavy (non-hydrogen) atoms. The van der Waals surface area contributed by atoms with Crippen LogP contribution in [0.25, 0.3) is 0 Å². The predicted octanol–water partition coefficient (Wildman–Crippen LogP) is 1.38. The van der Waals surface area contributed by atoms with Gasteiger partial charge in [0.25, 0.3) is 0 Å². The molecule has 0 saturated heterocycles. The molecule has 0 aliphatic rings. The van der Waals surface area contributed by atoms with Gasteiger partial charge in [-0.1, -0.05) is 13.8 Å². The van der Waals surface area contributed by atoms with Crippen molar-refractivity contribution in [3.8, 4) is 0 Å². The van der Waals surface area contributed by atoms with Crippen LogP contribution in [0.5, 0.6) is 0 Å². The molecule has 0 aliphatic carbocycles. The van der Waals surface area contributed by atoms with Gasteiger partial charge in [-0.3, -0.25) is 4.79 Å². The van der Waals surface area contributed by atoms with Crippen molar-refractivity contribution in [1.82, 2.24) is 10.2 Å². The quantitative estimate of drug-likeness (QED) is 0.625. The van der Waals surface area contributed by atoms with Crippen molar-refractivity contribution < 1.29 is 24.6 Å². The number of hydrogen-bond donors (Lipinski definition) is 3. The van der Waals surface area contributed by atoms with Crippen LogP contribution in [0.4, 0.5) is 4.79 Å². The van der Waals surface area contributed by atoms with Gasteiger partial charge in [0.1, 0.15) is 6.04 Å². The molecule has 0 saturated carbocycles. The minimum atomic E-state index is -1.23. The number of hydrogen-bond acceptors (Lipinski definition) is 3. The maximum atomic E-state index is 12.1. The minimum Gasteiger partial charge on any atom is -0.481 e. The second-order valence-corrected chi connectivity index (χ2v) is 5.41. The molecule has 7 heteroatoms. The van der Waals surface area contributed by atoms with E-state index in [4.69, 9.17) is 10.2 Å². The Morgan fingerprint density at radius 1 is 1.10 bits per heavy atom. The minimum absolute atomic E-state index is 0.0636. The van der Waals surface area contributed by atoms with Crippen LogP contribution in [0.1, 0.15) is 40.5 Å². The first kappa shape index (κ1) is 18.2. The van der Waals surface area contributed by atoms with E-state index >= 15 is 0 Å². The van der Waals surface area contributed by atoms with Gasteiger partial charge in [0.15, 0.2) is 0 Å². The first-order valence-electron chi connectivity index (χ1n) is 6.66. The molecule has 0 rings (SSSR count). The zero-order valence-corrected chi connectivity index (χ0v) is 12.4. The number of carbonyl (C=O) groups is 3. The average Bonchev–Trinajstić information content (AvgIpc) is 2.29. The fraction of sp³-hybridized carbons (Fsp3) is 0.769. The summed E-state index contributed by atoms with van der Waals surface area (Å²) >= 11 is 0. The van der Waals surface area contributed by atoms with E-state index in [0.29, 0.717) is 6.54 Å². The highest BCUT2D eigenvalue weighted by Crippen LogP contribution is 2.06. The maximum absolute atomic E-state index is 12.1. The van der Waals surface area contributed by atoms with E-state index in [-0.39, 0.29) is 24.8 Å². The van der Waals surface area contributed by atoms with Crippen LogP contribution in [0.15, 0.2) is 0 Å². The molecule has 0 heterocycles. The number of carboxylic acids is 2. The number of amides is 2. The van der Waals surface area contributed by atoms with Crippen molar-refractivity contribution in [2.75, 3.05) is 6.54 Å². The molecule has 0 fully saturated rings. The van der Waals surface area contributed by atoms with Crippen molar-refractivity contribution in [3.05, 3.63) is 0 Å². The summed E-state index contributed by atoms with van der Waals surface area (Å²) in [5.74, 6) is -2.06. The first-order chi connectivity index (χ1) is 9.15. The molecule has 0 aromatic carbocycles. The lowest BCUT2D eigenvalue weighted by Gasteiger charge is -2.30. The Balaban J connectivity index is 4.70. The molecule has 0 aliphatic heterocycles. The molecule has 3 N–H and O–H groups in total. The molecule has 0 bridgehead atoms. The Morgan fingerprint density at radius 3 is 2.00 bits per heavy atom. The Bertz CT molecular complexity index is 355. The lowest BCUT2D eigenvalue weighted by atomic mass is 10.1. The van der Waals surface area contributed by atoms with E-state index in [9.17, 15) is 14.4 Å².